The largest absolute Gasteiger partial charge is 0.325 e. The Bertz CT molecular complexity index is 842. The number of hydrogen-bond donors (Lipinski definition) is 0. The summed E-state index contributed by atoms with van der Waals surface area (Å²) in [4.78, 5) is 4.57. The first kappa shape index (κ1) is 11.5. The van der Waals surface area contributed by atoms with Crippen molar-refractivity contribution in [2.24, 2.45) is 10.9 Å². The number of para-hydroxylation sites is 1. The van der Waals surface area contributed by atoms with Gasteiger partial charge in [-0.05, 0) is 12.0 Å². The normalized spacial score (nSPS) is 17.1. The van der Waals surface area contributed by atoms with Crippen LogP contribution in [0.3, 0.4) is 0 Å². The number of fused-ring (bicyclic) bond motifs is 3. The van der Waals surface area contributed by atoms with Crippen LogP contribution in [-0.2, 0) is 6.54 Å². The lowest BCUT2D eigenvalue weighted by Crippen LogP contribution is -2.37. The molecule has 92 valence electrons. The molecule has 4 nitrogen and oxygen atoms in total. The Hall–Kier alpha value is -2.59. The summed E-state index contributed by atoms with van der Waals surface area (Å²) in [7, 11) is 0. The molecule has 2 heterocycles. The Kier molecular flexibility index (Phi) is 2.58. The van der Waals surface area contributed by atoms with E-state index < -0.39 is 0 Å². The van der Waals surface area contributed by atoms with E-state index in [0.717, 1.165) is 29.5 Å². The number of benzene rings is 1. The van der Waals surface area contributed by atoms with Crippen molar-refractivity contribution in [3.05, 3.63) is 35.0 Å². The minimum absolute atomic E-state index is 0.142. The number of aromatic nitrogens is 1. The molecule has 0 N–H and O–H groups in total. The summed E-state index contributed by atoms with van der Waals surface area (Å²) < 4.78 is 2.12. The van der Waals surface area contributed by atoms with Gasteiger partial charge in [0.15, 0.2) is 0 Å². The molecule has 0 bridgehead atoms. The number of nitriles is 2. The van der Waals surface area contributed by atoms with Crippen molar-refractivity contribution in [2.45, 2.75) is 13.5 Å². The maximum Gasteiger partial charge on any atom is 0.141 e. The highest BCUT2D eigenvalue weighted by atomic mass is 15.1. The molecule has 1 unspecified atom stereocenters. The van der Waals surface area contributed by atoms with E-state index in [-0.39, 0.29) is 5.57 Å². The Labute approximate surface area is 110 Å². The fourth-order valence-corrected chi connectivity index (χ4v) is 2.63. The van der Waals surface area contributed by atoms with E-state index in [1.165, 1.54) is 0 Å². The Balaban J connectivity index is 2.61. The van der Waals surface area contributed by atoms with Crippen LogP contribution < -0.4 is 10.7 Å². The van der Waals surface area contributed by atoms with E-state index in [1.54, 1.807) is 0 Å². The molecule has 1 aliphatic heterocycles. The molecule has 19 heavy (non-hydrogen) atoms. The standard InChI is InChI=1S/C15H12N4/c1-10-8-18-15-14(11(6-16)7-17)12-4-2-3-5-13(12)19(15)9-10/h2-5,10H,8-9H2,1H3. The fourth-order valence-electron chi connectivity index (χ4n) is 2.63. The van der Waals surface area contributed by atoms with Gasteiger partial charge in [0.05, 0.1) is 10.7 Å². The van der Waals surface area contributed by atoms with E-state index in [2.05, 4.69) is 16.5 Å². The van der Waals surface area contributed by atoms with Crippen LogP contribution in [0.15, 0.2) is 29.3 Å². The van der Waals surface area contributed by atoms with E-state index in [0.29, 0.717) is 11.1 Å². The fraction of sp³-hybridized carbons (Fsp3) is 0.267. The molecule has 0 amide bonds. The van der Waals surface area contributed by atoms with Gasteiger partial charge in [-0.3, -0.25) is 4.99 Å². The van der Waals surface area contributed by atoms with Gasteiger partial charge in [-0.15, -0.1) is 0 Å². The summed E-state index contributed by atoms with van der Waals surface area (Å²) in [6.45, 7) is 3.77. The van der Waals surface area contributed by atoms with Crippen molar-refractivity contribution in [1.29, 1.82) is 10.5 Å². The van der Waals surface area contributed by atoms with Crippen molar-refractivity contribution < 1.29 is 0 Å². The second-order valence-corrected chi connectivity index (χ2v) is 4.87. The van der Waals surface area contributed by atoms with Crippen molar-refractivity contribution in [3.8, 4) is 12.1 Å². The van der Waals surface area contributed by atoms with E-state index in [1.807, 2.05) is 36.4 Å². The van der Waals surface area contributed by atoms with Gasteiger partial charge in [-0.2, -0.15) is 10.5 Å². The minimum Gasteiger partial charge on any atom is -0.325 e. The van der Waals surface area contributed by atoms with Crippen molar-refractivity contribution in [1.82, 2.24) is 4.57 Å². The molecule has 1 aromatic heterocycles. The highest BCUT2D eigenvalue weighted by Crippen LogP contribution is 2.13. The molecule has 0 radical (unpaired) electrons. The third-order valence-corrected chi connectivity index (χ3v) is 3.46. The molecule has 1 aliphatic rings. The van der Waals surface area contributed by atoms with Crippen LogP contribution in [-0.4, -0.2) is 11.1 Å². The molecule has 1 atom stereocenters. The molecule has 0 spiro atoms. The van der Waals surface area contributed by atoms with Gasteiger partial charge in [-0.1, -0.05) is 25.1 Å². The molecule has 0 fully saturated rings. The number of nitrogens with zero attached hydrogens (tertiary/aromatic N) is 4. The Morgan fingerprint density at radius 2 is 2.05 bits per heavy atom. The highest BCUT2D eigenvalue weighted by molar-refractivity contribution is 5.87. The van der Waals surface area contributed by atoms with Gasteiger partial charge in [0, 0.05) is 18.5 Å². The maximum absolute atomic E-state index is 9.15. The van der Waals surface area contributed by atoms with Crippen molar-refractivity contribution >= 4 is 16.5 Å². The highest BCUT2D eigenvalue weighted by Gasteiger charge is 2.17. The van der Waals surface area contributed by atoms with E-state index in [9.17, 15) is 0 Å². The van der Waals surface area contributed by atoms with Crippen molar-refractivity contribution in [2.75, 3.05) is 6.54 Å². The minimum atomic E-state index is 0.142. The van der Waals surface area contributed by atoms with Gasteiger partial charge in [0.1, 0.15) is 23.2 Å². The summed E-state index contributed by atoms with van der Waals surface area (Å²) in [6, 6.07) is 11.8. The molecule has 0 saturated carbocycles. The summed E-state index contributed by atoms with van der Waals surface area (Å²) in [5.41, 5.74) is 1.96. The SMILES string of the molecule is CC1CN=c2c(=C(C#N)C#N)c3ccccc3n2C1. The molecule has 3 rings (SSSR count). The van der Waals surface area contributed by atoms with Crippen LogP contribution in [0.4, 0.5) is 0 Å². The predicted molar refractivity (Wildman–Crippen MR) is 71.4 cm³/mol. The average Bonchev–Trinajstić information content (AvgIpc) is 2.75. The zero-order valence-electron chi connectivity index (χ0n) is 10.6. The smallest absolute Gasteiger partial charge is 0.141 e. The number of rotatable bonds is 0. The maximum atomic E-state index is 9.15. The van der Waals surface area contributed by atoms with Crippen molar-refractivity contribution in [3.63, 3.8) is 0 Å². The van der Waals surface area contributed by atoms with Gasteiger partial charge in [0.25, 0.3) is 0 Å². The third-order valence-electron chi connectivity index (χ3n) is 3.46. The monoisotopic (exact) mass is 248 g/mol. The molecule has 0 aliphatic carbocycles. The van der Waals surface area contributed by atoms with Gasteiger partial charge >= 0.3 is 0 Å². The van der Waals surface area contributed by atoms with Crippen LogP contribution in [0, 0.1) is 28.6 Å². The zero-order valence-corrected chi connectivity index (χ0v) is 10.6. The predicted octanol–water partition coefficient (Wildman–Crippen LogP) is 1.11. The second kappa shape index (κ2) is 4.26. The molecule has 1 aromatic carbocycles. The van der Waals surface area contributed by atoms with Crippen LogP contribution in [0.1, 0.15) is 6.92 Å². The van der Waals surface area contributed by atoms with Gasteiger partial charge in [-0.25, -0.2) is 0 Å². The lowest BCUT2D eigenvalue weighted by molar-refractivity contribution is 0.453. The molecular weight excluding hydrogens is 236 g/mol. The van der Waals surface area contributed by atoms with E-state index in [4.69, 9.17) is 10.5 Å². The second-order valence-electron chi connectivity index (χ2n) is 4.87. The van der Waals surface area contributed by atoms with E-state index >= 15 is 0 Å². The first-order chi connectivity index (χ1) is 9.26. The first-order valence-electron chi connectivity index (χ1n) is 6.22. The number of hydrogen-bond acceptors (Lipinski definition) is 3. The summed E-state index contributed by atoms with van der Waals surface area (Å²) in [6.07, 6.45) is 0. The summed E-state index contributed by atoms with van der Waals surface area (Å²) in [5, 5.41) is 19.9. The average molecular weight is 248 g/mol. The molecular formula is C15H12N4. The van der Waals surface area contributed by atoms with Crippen LogP contribution in [0.2, 0.25) is 0 Å². The summed E-state index contributed by atoms with van der Waals surface area (Å²) in [5.74, 6) is 0.476. The van der Waals surface area contributed by atoms with Crippen LogP contribution in [0.5, 0.6) is 0 Å². The van der Waals surface area contributed by atoms with Crippen LogP contribution in [0.25, 0.3) is 16.5 Å². The lowest BCUT2D eigenvalue weighted by atomic mass is 10.1. The van der Waals surface area contributed by atoms with Crippen LogP contribution >= 0.6 is 0 Å². The van der Waals surface area contributed by atoms with Gasteiger partial charge in [0.2, 0.25) is 0 Å². The topological polar surface area (TPSA) is 64.9 Å². The molecule has 2 aromatic rings. The quantitative estimate of drug-likeness (QED) is 0.701. The first-order valence-corrected chi connectivity index (χ1v) is 6.22. The Morgan fingerprint density at radius 1 is 1.32 bits per heavy atom. The lowest BCUT2D eigenvalue weighted by Gasteiger charge is -2.15. The molecule has 0 saturated heterocycles. The summed E-state index contributed by atoms with van der Waals surface area (Å²) >= 11 is 0. The molecule has 4 heteroatoms. The zero-order chi connectivity index (χ0) is 13.4. The van der Waals surface area contributed by atoms with Gasteiger partial charge < -0.3 is 4.57 Å². The Morgan fingerprint density at radius 3 is 2.79 bits per heavy atom. The third kappa shape index (κ3) is 1.62.